The van der Waals surface area contributed by atoms with Gasteiger partial charge in [-0.3, -0.25) is 53.0 Å². The van der Waals surface area contributed by atoms with Crippen molar-refractivity contribution >= 4 is 97.8 Å². The molecule has 95 heavy (non-hydrogen) atoms. The van der Waals surface area contributed by atoms with Crippen LogP contribution in [0.4, 0.5) is 22.7 Å². The first-order chi connectivity index (χ1) is 44.8. The standard InChI is InChI=1S/C36H34N4O12.C30H28N2O4.C4H8O2.CH4/c1-20-5-9-26(38(16-30(41)42)17-31(43)44)28(13-20)51-11-12-52-29-14-21(6-10-27(29)39(18-32(45)46)19-33(47)48)15-40-35(49)23-4-2-3-22-25(37)8-7-24(34(22)23)36(40)50;1-18-7-8-19(2)26(15-18)35-13-14-36-27-16-21(10-9-20(27)3)17-32-29(33)23-6-4-5-22-25(31)12-11-24(28(22)23)30(32)34;1-3-6-4(2)5;/h2-10,13-14H,11-12,15-19,37H2,1H3,(H,41,42)(H,43,44)(H,45,46)(H,47,48);4-12,15-16H,13-14,17,31H2,1-3H3;3H2,1-2H3;1H4. The third-order valence-corrected chi connectivity index (χ3v) is 15.0. The average molecular weight is 1300 g/mol. The highest BCUT2D eigenvalue weighted by atomic mass is 16.5. The van der Waals surface area contributed by atoms with E-state index in [9.17, 15) is 63.6 Å². The van der Waals surface area contributed by atoms with E-state index in [-0.39, 0.29) is 74.4 Å². The number of hydrogen-bond acceptors (Lipinski definition) is 18. The van der Waals surface area contributed by atoms with E-state index in [2.05, 4.69) is 10.8 Å². The molecule has 10 rings (SSSR count). The van der Waals surface area contributed by atoms with Gasteiger partial charge in [-0.05, 0) is 141 Å². The summed E-state index contributed by atoms with van der Waals surface area (Å²) < 4.78 is 28.2. The van der Waals surface area contributed by atoms with Crippen LogP contribution in [0.1, 0.15) is 96.1 Å². The molecular formula is C71H74N6O18. The van der Waals surface area contributed by atoms with Crippen LogP contribution >= 0.6 is 0 Å². The molecule has 24 nitrogen and oxygen atoms in total. The summed E-state index contributed by atoms with van der Waals surface area (Å²) in [6.07, 6.45) is 0. The molecule has 8 N–H and O–H groups in total. The van der Waals surface area contributed by atoms with Gasteiger partial charge >= 0.3 is 29.8 Å². The van der Waals surface area contributed by atoms with Crippen LogP contribution in [0.5, 0.6) is 23.0 Å². The Labute approximate surface area is 547 Å². The zero-order valence-electron chi connectivity index (χ0n) is 52.4. The van der Waals surface area contributed by atoms with Gasteiger partial charge in [0.1, 0.15) is 75.6 Å². The summed E-state index contributed by atoms with van der Waals surface area (Å²) in [6.45, 7) is 9.15. The Bertz CT molecular complexity index is 4210. The molecule has 8 aromatic rings. The first-order valence-electron chi connectivity index (χ1n) is 29.6. The lowest BCUT2D eigenvalue weighted by Gasteiger charge is -2.28. The summed E-state index contributed by atoms with van der Waals surface area (Å²) in [4.78, 5) is 114. The van der Waals surface area contributed by atoms with Gasteiger partial charge in [0.25, 0.3) is 23.6 Å². The number of nitrogen functional groups attached to an aromatic ring is 2. The van der Waals surface area contributed by atoms with Crippen LogP contribution in [0, 0.1) is 27.7 Å². The first kappa shape index (κ1) is 70.8. The molecule has 0 unspecified atom stereocenters. The maximum Gasteiger partial charge on any atom is 0.323 e. The van der Waals surface area contributed by atoms with Crippen molar-refractivity contribution in [1.29, 1.82) is 0 Å². The van der Waals surface area contributed by atoms with Gasteiger partial charge in [-0.2, -0.15) is 0 Å². The number of carboxylic acids is 4. The fraction of sp³-hybridized carbons (Fsp3) is 0.254. The minimum absolute atomic E-state index is 0. The van der Waals surface area contributed by atoms with E-state index in [4.69, 9.17) is 30.4 Å². The fourth-order valence-corrected chi connectivity index (χ4v) is 10.7. The minimum atomic E-state index is -1.31. The van der Waals surface area contributed by atoms with E-state index >= 15 is 0 Å². The summed E-state index contributed by atoms with van der Waals surface area (Å²) in [6, 6.07) is 38.0. The van der Waals surface area contributed by atoms with Crippen LogP contribution in [-0.4, -0.2) is 143 Å². The quantitative estimate of drug-likeness (QED) is 0.0134. The Morgan fingerprint density at radius 2 is 0.779 bits per heavy atom. The number of carbonyl (C=O) groups is 9. The van der Waals surface area contributed by atoms with Gasteiger partial charge in [0, 0.05) is 62.1 Å². The number of carbonyl (C=O) groups excluding carboxylic acids is 5. The van der Waals surface area contributed by atoms with Crippen LogP contribution in [-0.2, 0) is 41.8 Å². The van der Waals surface area contributed by atoms with Crippen molar-refractivity contribution in [3.63, 3.8) is 0 Å². The molecule has 0 saturated heterocycles. The summed E-state index contributed by atoms with van der Waals surface area (Å²) in [5.74, 6) is -5.34. The first-order valence-corrected chi connectivity index (χ1v) is 29.6. The fourth-order valence-electron chi connectivity index (χ4n) is 10.7. The molecule has 2 aliphatic heterocycles. The number of imide groups is 2. The van der Waals surface area contributed by atoms with Crippen LogP contribution in [0.15, 0.2) is 133 Å². The van der Waals surface area contributed by atoms with Gasteiger partial charge in [0.05, 0.1) is 31.1 Å². The van der Waals surface area contributed by atoms with Gasteiger partial charge < -0.3 is 65.4 Å². The Morgan fingerprint density at radius 3 is 1.18 bits per heavy atom. The van der Waals surface area contributed by atoms with Gasteiger partial charge in [-0.15, -0.1) is 0 Å². The molecule has 0 radical (unpaired) electrons. The van der Waals surface area contributed by atoms with Crippen molar-refractivity contribution in [1.82, 2.24) is 9.80 Å². The molecule has 0 atom stereocenters. The van der Waals surface area contributed by atoms with Gasteiger partial charge in [-0.1, -0.05) is 68.1 Å². The number of aryl methyl sites for hydroxylation is 4. The number of benzene rings is 8. The smallest absolute Gasteiger partial charge is 0.323 e. The predicted octanol–water partition coefficient (Wildman–Crippen LogP) is 9.74. The predicted molar refractivity (Wildman–Crippen MR) is 356 cm³/mol. The third-order valence-electron chi connectivity index (χ3n) is 15.0. The lowest BCUT2D eigenvalue weighted by molar-refractivity contribution is -0.141. The average Bonchev–Trinajstić information content (AvgIpc) is 0.750. The molecule has 0 spiro atoms. The van der Waals surface area contributed by atoms with Crippen molar-refractivity contribution in [2.45, 2.75) is 62.1 Å². The zero-order chi connectivity index (χ0) is 68.1. The summed E-state index contributed by atoms with van der Waals surface area (Å²) >= 11 is 0. The maximum absolute atomic E-state index is 13.6. The maximum atomic E-state index is 13.6. The Balaban J connectivity index is 0.000000257. The molecule has 0 aromatic heterocycles. The molecule has 0 bridgehead atoms. The van der Waals surface area contributed by atoms with Gasteiger partial charge in [0.2, 0.25) is 0 Å². The zero-order valence-corrected chi connectivity index (χ0v) is 52.4. The highest BCUT2D eigenvalue weighted by Crippen LogP contribution is 2.38. The SMILES string of the molecule is C.CCOC(C)=O.Cc1ccc(C)c(OCCOc2cc(CN3C(=O)c4cccc5c(N)ccc(c45)C3=O)ccc2C)c1.Cc1ccc(N(CC(=O)O)CC(=O)O)c(OCCOc2cc(CN3C(=O)c4cccc5c(N)ccc(c45)C3=O)ccc2N(CC(=O)O)CC(=O)O)c1. The molecular weight excluding hydrogens is 1220 g/mol. The van der Waals surface area contributed by atoms with E-state index in [0.29, 0.717) is 80.9 Å². The molecule has 0 fully saturated rings. The topological polar surface area (TPSA) is 346 Å². The number of aliphatic carboxylic acids is 4. The molecule has 4 amide bonds. The summed E-state index contributed by atoms with van der Waals surface area (Å²) in [5.41, 5.74) is 20.2. The number of nitrogens with zero attached hydrogens (tertiary/aromatic N) is 4. The second-order valence-electron chi connectivity index (χ2n) is 22.0. The lowest BCUT2D eigenvalue weighted by Crippen LogP contribution is -2.39. The van der Waals surface area contributed by atoms with Crippen molar-refractivity contribution in [2.75, 3.05) is 80.5 Å². The van der Waals surface area contributed by atoms with E-state index in [1.807, 2.05) is 57.2 Å². The Morgan fingerprint density at radius 1 is 0.442 bits per heavy atom. The molecule has 24 heteroatoms. The van der Waals surface area contributed by atoms with Crippen LogP contribution in [0.2, 0.25) is 0 Å². The monoisotopic (exact) mass is 1300 g/mol. The number of carboxylic acid groups (broad SMARTS) is 4. The minimum Gasteiger partial charge on any atom is -0.490 e. The van der Waals surface area contributed by atoms with Crippen LogP contribution < -0.4 is 40.2 Å². The van der Waals surface area contributed by atoms with E-state index in [1.165, 1.54) is 36.1 Å². The van der Waals surface area contributed by atoms with Crippen molar-refractivity contribution in [3.8, 4) is 23.0 Å². The normalized spacial score (nSPS) is 11.9. The van der Waals surface area contributed by atoms with Crippen molar-refractivity contribution in [3.05, 3.63) is 189 Å². The molecule has 0 saturated carbocycles. The number of esters is 1. The van der Waals surface area contributed by atoms with Gasteiger partial charge in [0.15, 0.2) is 0 Å². The van der Waals surface area contributed by atoms with Gasteiger partial charge in [-0.25, -0.2) is 0 Å². The van der Waals surface area contributed by atoms with E-state index in [0.717, 1.165) is 53.7 Å². The number of nitrogens with two attached hydrogens (primary N) is 2. The van der Waals surface area contributed by atoms with Crippen molar-refractivity contribution < 1.29 is 87.3 Å². The van der Waals surface area contributed by atoms with Crippen LogP contribution in [0.3, 0.4) is 0 Å². The molecule has 496 valence electrons. The Hall–Kier alpha value is -11.7. The van der Waals surface area contributed by atoms with Crippen molar-refractivity contribution in [2.24, 2.45) is 0 Å². The highest BCUT2D eigenvalue weighted by molar-refractivity contribution is 6.27. The molecule has 0 aliphatic carbocycles. The summed E-state index contributed by atoms with van der Waals surface area (Å²) in [7, 11) is 0. The summed E-state index contributed by atoms with van der Waals surface area (Å²) in [5, 5.41) is 40.1. The van der Waals surface area contributed by atoms with E-state index < -0.39 is 61.9 Å². The second-order valence-corrected chi connectivity index (χ2v) is 22.0. The molecule has 2 heterocycles. The third kappa shape index (κ3) is 17.3. The van der Waals surface area contributed by atoms with E-state index in [1.54, 1.807) is 80.6 Å². The molecule has 8 aromatic carbocycles. The second kappa shape index (κ2) is 31.6. The number of ether oxygens (including phenoxy) is 5. The number of anilines is 4. The lowest BCUT2D eigenvalue weighted by atomic mass is 9.93. The van der Waals surface area contributed by atoms with Crippen LogP contribution in [0.25, 0.3) is 21.5 Å². The largest absolute Gasteiger partial charge is 0.490 e. The highest BCUT2D eigenvalue weighted by Gasteiger charge is 2.35. The molecule has 2 aliphatic rings. The Kier molecular flexibility index (Phi) is 23.5. The number of amides is 4. The number of rotatable bonds is 25. The number of hydrogen-bond donors (Lipinski definition) is 6.